The van der Waals surface area contributed by atoms with Crippen LogP contribution in [0.1, 0.15) is 63.7 Å². The smallest absolute Gasteiger partial charge is 0.198 e. The second kappa shape index (κ2) is 8.21. The number of aromatic hydroxyl groups is 1. The molecule has 0 aromatic heterocycles. The molecular formula is C28H19N3O5. The van der Waals surface area contributed by atoms with Crippen molar-refractivity contribution in [3.63, 3.8) is 0 Å². The molecule has 0 heterocycles. The zero-order valence-electron chi connectivity index (χ0n) is 18.7. The van der Waals surface area contributed by atoms with Crippen LogP contribution < -0.4 is 17.2 Å². The largest absolute Gasteiger partial charge is 0.505 e. The Bertz CT molecular complexity index is 1530. The average Bonchev–Trinajstić information content (AvgIpc) is 2.89. The number of hydrogen-bond acceptors (Lipinski definition) is 8. The first-order chi connectivity index (χ1) is 17.2. The maximum Gasteiger partial charge on any atom is 0.198 e. The third kappa shape index (κ3) is 3.24. The van der Waals surface area contributed by atoms with Gasteiger partial charge < -0.3 is 22.3 Å². The first-order valence-corrected chi connectivity index (χ1v) is 10.9. The van der Waals surface area contributed by atoms with Crippen LogP contribution in [0.3, 0.4) is 0 Å². The molecule has 0 atom stereocenters. The van der Waals surface area contributed by atoms with Crippen LogP contribution in [-0.2, 0) is 0 Å². The van der Waals surface area contributed by atoms with E-state index in [-0.39, 0.29) is 56.9 Å². The van der Waals surface area contributed by atoms with Gasteiger partial charge in [-0.25, -0.2) is 0 Å². The molecule has 0 aliphatic heterocycles. The van der Waals surface area contributed by atoms with Crippen LogP contribution in [0.25, 0.3) is 0 Å². The molecule has 0 amide bonds. The van der Waals surface area contributed by atoms with Crippen molar-refractivity contribution in [2.75, 3.05) is 17.2 Å². The van der Waals surface area contributed by atoms with Gasteiger partial charge >= 0.3 is 0 Å². The lowest BCUT2D eigenvalue weighted by atomic mass is 9.83. The SMILES string of the molecule is Nc1ccc2c(c1N)C(=O)c1ccccc1C2=O.Nc1ccc2c(c1O)C(=O)c1ccccc1C2=O. The number of phenols is 1. The van der Waals surface area contributed by atoms with E-state index >= 15 is 0 Å². The molecule has 176 valence electrons. The fraction of sp³-hybridized carbons (Fsp3) is 0. The standard InChI is InChI=1S/C14H10N2O2.C14H9NO3/c15-10-6-5-9-11(12(10)16)14(18)8-4-2-1-3-7(8)13(9)17;15-10-6-5-9-11(14(10)18)13(17)8-4-2-1-3-7(8)12(9)16/h1-6H,15-16H2;1-6,18H,15H2. The van der Waals surface area contributed by atoms with Crippen LogP contribution in [0.15, 0.2) is 72.8 Å². The molecule has 0 saturated carbocycles. The second-order valence-corrected chi connectivity index (χ2v) is 8.32. The third-order valence-electron chi connectivity index (χ3n) is 6.26. The van der Waals surface area contributed by atoms with Crippen LogP contribution in [0.4, 0.5) is 17.1 Å². The average molecular weight is 477 g/mol. The molecule has 0 unspecified atom stereocenters. The Morgan fingerprint density at radius 2 is 0.833 bits per heavy atom. The van der Waals surface area contributed by atoms with Gasteiger partial charge in [0, 0.05) is 33.4 Å². The van der Waals surface area contributed by atoms with Gasteiger partial charge in [-0.3, -0.25) is 19.2 Å². The van der Waals surface area contributed by atoms with Crippen LogP contribution in [0.5, 0.6) is 5.75 Å². The number of fused-ring (bicyclic) bond motifs is 4. The molecule has 8 nitrogen and oxygen atoms in total. The van der Waals surface area contributed by atoms with Crippen LogP contribution in [-0.4, -0.2) is 28.2 Å². The summed E-state index contributed by atoms with van der Waals surface area (Å²) in [6, 6.07) is 19.3. The summed E-state index contributed by atoms with van der Waals surface area (Å²) in [4.78, 5) is 49.1. The van der Waals surface area contributed by atoms with Gasteiger partial charge in [-0.15, -0.1) is 0 Å². The van der Waals surface area contributed by atoms with Crippen LogP contribution >= 0.6 is 0 Å². The zero-order chi connectivity index (χ0) is 25.7. The Morgan fingerprint density at radius 1 is 0.444 bits per heavy atom. The van der Waals surface area contributed by atoms with Crippen LogP contribution in [0.2, 0.25) is 0 Å². The predicted octanol–water partition coefficient (Wildman–Crippen LogP) is 3.38. The number of carbonyl (C=O) groups excluding carboxylic acids is 4. The Kier molecular flexibility index (Phi) is 5.14. The third-order valence-corrected chi connectivity index (χ3v) is 6.26. The molecule has 4 aromatic carbocycles. The van der Waals surface area contributed by atoms with E-state index in [1.807, 2.05) is 0 Å². The summed E-state index contributed by atoms with van der Waals surface area (Å²) in [5, 5.41) is 9.86. The number of nitrogen functional groups attached to an aromatic ring is 3. The normalized spacial score (nSPS) is 13.1. The van der Waals surface area contributed by atoms with Crippen molar-refractivity contribution in [1.29, 1.82) is 0 Å². The molecule has 7 N–H and O–H groups in total. The van der Waals surface area contributed by atoms with Crippen molar-refractivity contribution in [2.24, 2.45) is 0 Å². The van der Waals surface area contributed by atoms with Gasteiger partial charge in [0.25, 0.3) is 0 Å². The monoisotopic (exact) mass is 477 g/mol. The molecule has 6 rings (SSSR count). The van der Waals surface area contributed by atoms with E-state index in [0.717, 1.165) is 0 Å². The number of nitrogens with two attached hydrogens (primary N) is 3. The Labute approximate surface area is 205 Å². The summed E-state index contributed by atoms with van der Waals surface area (Å²) < 4.78 is 0. The number of carbonyl (C=O) groups is 4. The fourth-order valence-corrected chi connectivity index (χ4v) is 4.41. The minimum Gasteiger partial charge on any atom is -0.505 e. The van der Waals surface area contributed by atoms with Crippen molar-refractivity contribution in [2.45, 2.75) is 0 Å². The maximum absolute atomic E-state index is 12.3. The number of benzene rings is 4. The van der Waals surface area contributed by atoms with Crippen molar-refractivity contribution in [3.05, 3.63) is 117 Å². The Hall–Kier alpha value is -5.24. The number of phenolic OH excluding ortho intramolecular Hbond substituents is 1. The van der Waals surface area contributed by atoms with Gasteiger partial charge in [0.15, 0.2) is 23.1 Å². The second-order valence-electron chi connectivity index (χ2n) is 8.32. The number of ketones is 4. The van der Waals surface area contributed by atoms with Gasteiger partial charge in [0.05, 0.1) is 28.2 Å². The highest BCUT2D eigenvalue weighted by Crippen LogP contribution is 2.36. The first kappa shape index (κ1) is 22.5. The topological polar surface area (TPSA) is 167 Å². The van der Waals surface area contributed by atoms with Gasteiger partial charge in [-0.1, -0.05) is 48.5 Å². The highest BCUT2D eigenvalue weighted by molar-refractivity contribution is 6.31. The summed E-state index contributed by atoms with van der Waals surface area (Å²) in [7, 11) is 0. The lowest BCUT2D eigenvalue weighted by Crippen LogP contribution is -2.22. The summed E-state index contributed by atoms with van der Waals surface area (Å²) in [5.41, 5.74) is 19.8. The van der Waals surface area contributed by atoms with E-state index in [1.165, 1.54) is 12.1 Å². The quantitative estimate of drug-likeness (QED) is 0.191. The molecule has 36 heavy (non-hydrogen) atoms. The van der Waals surface area contributed by atoms with Crippen molar-refractivity contribution in [3.8, 4) is 5.75 Å². The van der Waals surface area contributed by atoms with Crippen molar-refractivity contribution >= 4 is 40.2 Å². The molecular weight excluding hydrogens is 458 g/mol. The number of rotatable bonds is 0. The Balaban J connectivity index is 0.000000148. The van der Waals surface area contributed by atoms with Crippen LogP contribution in [0, 0.1) is 0 Å². The highest BCUT2D eigenvalue weighted by Gasteiger charge is 2.33. The fourth-order valence-electron chi connectivity index (χ4n) is 4.41. The molecule has 0 saturated heterocycles. The minimum absolute atomic E-state index is 0.00120. The summed E-state index contributed by atoms with van der Waals surface area (Å²) >= 11 is 0. The van der Waals surface area contributed by atoms with E-state index in [0.29, 0.717) is 33.5 Å². The van der Waals surface area contributed by atoms with Gasteiger partial charge in [0.2, 0.25) is 0 Å². The predicted molar refractivity (Wildman–Crippen MR) is 134 cm³/mol. The number of hydrogen-bond donors (Lipinski definition) is 4. The lowest BCUT2D eigenvalue weighted by molar-refractivity contribution is 0.0977. The van der Waals surface area contributed by atoms with E-state index in [9.17, 15) is 24.3 Å². The molecule has 4 aromatic rings. The molecule has 0 radical (unpaired) electrons. The van der Waals surface area contributed by atoms with Gasteiger partial charge in [0.1, 0.15) is 5.75 Å². The Morgan fingerprint density at radius 3 is 1.33 bits per heavy atom. The number of anilines is 3. The lowest BCUT2D eigenvalue weighted by Gasteiger charge is -2.19. The summed E-state index contributed by atoms with van der Waals surface area (Å²) in [5.74, 6) is -1.39. The molecule has 0 spiro atoms. The molecule has 2 aliphatic carbocycles. The minimum atomic E-state index is -0.370. The van der Waals surface area contributed by atoms with E-state index in [1.54, 1.807) is 60.7 Å². The molecule has 8 heteroatoms. The summed E-state index contributed by atoms with van der Waals surface area (Å²) in [6.45, 7) is 0. The highest BCUT2D eigenvalue weighted by atomic mass is 16.3. The molecule has 0 bridgehead atoms. The first-order valence-electron chi connectivity index (χ1n) is 10.9. The van der Waals surface area contributed by atoms with E-state index in [4.69, 9.17) is 17.2 Å². The van der Waals surface area contributed by atoms with Crippen molar-refractivity contribution < 1.29 is 24.3 Å². The van der Waals surface area contributed by atoms with E-state index in [2.05, 4.69) is 0 Å². The van der Waals surface area contributed by atoms with Gasteiger partial charge in [-0.05, 0) is 24.3 Å². The van der Waals surface area contributed by atoms with E-state index < -0.39 is 0 Å². The van der Waals surface area contributed by atoms with Crippen molar-refractivity contribution in [1.82, 2.24) is 0 Å². The maximum atomic E-state index is 12.3. The molecule has 0 fully saturated rings. The summed E-state index contributed by atoms with van der Waals surface area (Å²) in [6.07, 6.45) is 0. The molecule has 2 aliphatic rings. The zero-order valence-corrected chi connectivity index (χ0v) is 18.7. The van der Waals surface area contributed by atoms with Gasteiger partial charge in [-0.2, -0.15) is 0 Å².